The van der Waals surface area contributed by atoms with Gasteiger partial charge in [0, 0.05) is 18.8 Å². The van der Waals surface area contributed by atoms with Crippen molar-refractivity contribution in [2.75, 3.05) is 13.1 Å². The number of aliphatic carboxylic acids is 1. The van der Waals surface area contributed by atoms with Crippen LogP contribution in [0.15, 0.2) is 12.4 Å². The van der Waals surface area contributed by atoms with Gasteiger partial charge < -0.3 is 5.11 Å². The summed E-state index contributed by atoms with van der Waals surface area (Å²) in [6.45, 7) is -0.721. The van der Waals surface area contributed by atoms with Gasteiger partial charge in [0.15, 0.2) is 0 Å². The van der Waals surface area contributed by atoms with Crippen molar-refractivity contribution in [1.82, 2.24) is 14.5 Å². The Morgan fingerprint density at radius 1 is 1.47 bits per heavy atom. The molecule has 0 aliphatic carbocycles. The lowest BCUT2D eigenvalue weighted by Gasteiger charge is -2.31. The fourth-order valence-corrected chi connectivity index (χ4v) is 2.44. The van der Waals surface area contributed by atoms with E-state index in [4.69, 9.17) is 5.11 Å². The van der Waals surface area contributed by atoms with E-state index in [0.717, 1.165) is 30.5 Å². The summed E-state index contributed by atoms with van der Waals surface area (Å²) in [4.78, 5) is 16.6. The highest BCUT2D eigenvalue weighted by atomic mass is 19.3. The van der Waals surface area contributed by atoms with Gasteiger partial charge in [-0.3, -0.25) is 14.3 Å². The lowest BCUT2D eigenvalue weighted by atomic mass is 9.94. The van der Waals surface area contributed by atoms with Gasteiger partial charge in [-0.25, -0.2) is 4.98 Å². The third-order valence-electron chi connectivity index (χ3n) is 3.49. The van der Waals surface area contributed by atoms with E-state index in [-0.39, 0.29) is 12.3 Å². The maximum atomic E-state index is 12.7. The lowest BCUT2D eigenvalue weighted by Crippen LogP contribution is -2.34. The Balaban J connectivity index is 1.85. The summed E-state index contributed by atoms with van der Waals surface area (Å²) in [6.07, 6.45) is 4.43. The number of carboxylic acids is 1. The molecule has 1 aromatic heterocycles. The molecule has 0 spiro atoms. The molecule has 0 atom stereocenters. The first-order valence-corrected chi connectivity index (χ1v) is 6.30. The average Bonchev–Trinajstić information content (AvgIpc) is 2.79. The molecule has 2 rings (SSSR count). The van der Waals surface area contributed by atoms with Gasteiger partial charge in [-0.05, 0) is 31.8 Å². The van der Waals surface area contributed by atoms with E-state index >= 15 is 0 Å². The second kappa shape index (κ2) is 6.10. The van der Waals surface area contributed by atoms with Crippen LogP contribution in [-0.4, -0.2) is 38.6 Å². The van der Waals surface area contributed by atoms with Gasteiger partial charge in [0.25, 0.3) is 0 Å². The lowest BCUT2D eigenvalue weighted by molar-refractivity contribution is -0.138. The van der Waals surface area contributed by atoms with E-state index in [9.17, 15) is 13.6 Å². The number of rotatable bonds is 5. The van der Waals surface area contributed by atoms with Crippen molar-refractivity contribution in [3.8, 4) is 0 Å². The quantitative estimate of drug-likeness (QED) is 0.891. The van der Waals surface area contributed by atoms with Crippen molar-refractivity contribution in [2.45, 2.75) is 32.4 Å². The number of piperidine rings is 1. The summed E-state index contributed by atoms with van der Waals surface area (Å²) in [7, 11) is 0. The monoisotopic (exact) mass is 273 g/mol. The standard InChI is InChI=1S/C12H17F2N3O2/c13-12(14)17-6-3-15-10(17)8-16-4-1-9(2-5-16)7-11(18)19/h3,6,9,12H,1-2,4-5,7-8H2,(H,18,19). The fraction of sp³-hybridized carbons (Fsp3) is 0.667. The zero-order valence-electron chi connectivity index (χ0n) is 10.5. The van der Waals surface area contributed by atoms with Crippen LogP contribution in [0.1, 0.15) is 31.6 Å². The summed E-state index contributed by atoms with van der Waals surface area (Å²) in [6, 6.07) is 0. The van der Waals surface area contributed by atoms with Crippen LogP contribution >= 0.6 is 0 Å². The fourth-order valence-electron chi connectivity index (χ4n) is 2.44. The van der Waals surface area contributed by atoms with E-state index in [0.29, 0.717) is 12.4 Å². The van der Waals surface area contributed by atoms with Gasteiger partial charge in [0.1, 0.15) is 5.82 Å². The van der Waals surface area contributed by atoms with Crippen LogP contribution in [0.2, 0.25) is 0 Å². The first-order chi connectivity index (χ1) is 9.06. The van der Waals surface area contributed by atoms with Gasteiger partial charge >= 0.3 is 12.5 Å². The van der Waals surface area contributed by atoms with Crippen molar-refractivity contribution >= 4 is 5.97 Å². The van der Waals surface area contributed by atoms with Crippen LogP contribution in [0, 0.1) is 5.92 Å². The van der Waals surface area contributed by atoms with Crippen LogP contribution in [0.5, 0.6) is 0 Å². The minimum atomic E-state index is -2.57. The number of alkyl halides is 2. The molecule has 1 N–H and O–H groups in total. The van der Waals surface area contributed by atoms with Crippen molar-refractivity contribution in [1.29, 1.82) is 0 Å². The van der Waals surface area contributed by atoms with E-state index in [2.05, 4.69) is 4.98 Å². The highest BCUT2D eigenvalue weighted by molar-refractivity contribution is 5.67. The molecule has 1 saturated heterocycles. The van der Waals surface area contributed by atoms with Gasteiger partial charge in [0.05, 0.1) is 6.54 Å². The van der Waals surface area contributed by atoms with Crippen LogP contribution in [0.3, 0.4) is 0 Å². The molecule has 0 unspecified atom stereocenters. The Bertz CT molecular complexity index is 428. The Morgan fingerprint density at radius 2 is 2.16 bits per heavy atom. The summed E-state index contributed by atoms with van der Waals surface area (Å²) < 4.78 is 26.2. The third kappa shape index (κ3) is 3.73. The van der Waals surface area contributed by atoms with Gasteiger partial charge in [-0.2, -0.15) is 8.78 Å². The van der Waals surface area contributed by atoms with Crippen LogP contribution < -0.4 is 0 Å². The highest BCUT2D eigenvalue weighted by Gasteiger charge is 2.23. The molecular weight excluding hydrogens is 256 g/mol. The zero-order chi connectivity index (χ0) is 13.8. The van der Waals surface area contributed by atoms with Gasteiger partial charge in [0.2, 0.25) is 0 Å². The molecule has 0 amide bonds. The van der Waals surface area contributed by atoms with Gasteiger partial charge in [-0.1, -0.05) is 0 Å². The molecular formula is C12H17F2N3O2. The number of carbonyl (C=O) groups is 1. The molecule has 1 aliphatic rings. The molecule has 1 aliphatic heterocycles. The number of hydrogen-bond acceptors (Lipinski definition) is 3. The summed E-state index contributed by atoms with van der Waals surface area (Å²) in [5, 5.41) is 8.73. The average molecular weight is 273 g/mol. The molecule has 1 aromatic rings. The number of nitrogens with zero attached hydrogens (tertiary/aromatic N) is 3. The van der Waals surface area contributed by atoms with E-state index < -0.39 is 12.5 Å². The van der Waals surface area contributed by atoms with Crippen LogP contribution in [-0.2, 0) is 11.3 Å². The molecule has 0 radical (unpaired) electrons. The van der Waals surface area contributed by atoms with E-state index in [1.165, 1.54) is 12.4 Å². The molecule has 5 nitrogen and oxygen atoms in total. The number of imidazole rings is 1. The van der Waals surface area contributed by atoms with Crippen LogP contribution in [0.4, 0.5) is 8.78 Å². The van der Waals surface area contributed by atoms with Crippen molar-refractivity contribution in [3.05, 3.63) is 18.2 Å². The number of carboxylic acid groups (broad SMARTS) is 1. The largest absolute Gasteiger partial charge is 0.481 e. The molecule has 1 fully saturated rings. The van der Waals surface area contributed by atoms with Crippen molar-refractivity contribution in [2.24, 2.45) is 5.92 Å². The molecule has 0 saturated carbocycles. The Kier molecular flexibility index (Phi) is 4.47. The van der Waals surface area contributed by atoms with E-state index in [1.807, 2.05) is 4.90 Å². The summed E-state index contributed by atoms with van der Waals surface area (Å²) in [5.41, 5.74) is 0. The third-order valence-corrected chi connectivity index (χ3v) is 3.49. The Labute approximate surface area is 109 Å². The second-order valence-corrected chi connectivity index (χ2v) is 4.85. The molecule has 106 valence electrons. The zero-order valence-corrected chi connectivity index (χ0v) is 10.5. The summed E-state index contributed by atoms with van der Waals surface area (Å²) in [5.74, 6) is -0.220. The normalized spacial score (nSPS) is 18.1. The number of halogens is 2. The topological polar surface area (TPSA) is 58.4 Å². The van der Waals surface area contributed by atoms with Crippen molar-refractivity contribution < 1.29 is 18.7 Å². The molecule has 19 heavy (non-hydrogen) atoms. The number of hydrogen-bond donors (Lipinski definition) is 1. The SMILES string of the molecule is O=C(O)CC1CCN(Cc2nccn2C(F)F)CC1. The molecule has 0 bridgehead atoms. The molecule has 2 heterocycles. The predicted octanol–water partition coefficient (Wildman–Crippen LogP) is 1.96. The van der Waals surface area contributed by atoms with Crippen molar-refractivity contribution in [3.63, 3.8) is 0 Å². The van der Waals surface area contributed by atoms with Crippen LogP contribution in [0.25, 0.3) is 0 Å². The molecule has 0 aromatic carbocycles. The second-order valence-electron chi connectivity index (χ2n) is 4.85. The maximum Gasteiger partial charge on any atom is 0.319 e. The molecule has 7 heteroatoms. The number of likely N-dealkylation sites (tertiary alicyclic amines) is 1. The first kappa shape index (κ1) is 13.9. The minimum absolute atomic E-state index is 0.194. The number of aromatic nitrogens is 2. The van der Waals surface area contributed by atoms with E-state index in [1.54, 1.807) is 0 Å². The summed E-state index contributed by atoms with van der Waals surface area (Å²) >= 11 is 0. The maximum absolute atomic E-state index is 12.7. The Morgan fingerprint density at radius 3 is 2.74 bits per heavy atom. The Hall–Kier alpha value is -1.50. The minimum Gasteiger partial charge on any atom is -0.481 e. The van der Waals surface area contributed by atoms with Gasteiger partial charge in [-0.15, -0.1) is 0 Å². The predicted molar refractivity (Wildman–Crippen MR) is 63.7 cm³/mol. The highest BCUT2D eigenvalue weighted by Crippen LogP contribution is 2.22. The first-order valence-electron chi connectivity index (χ1n) is 6.30. The smallest absolute Gasteiger partial charge is 0.319 e.